The first-order chi connectivity index (χ1) is 19.0. The van der Waals surface area contributed by atoms with Gasteiger partial charge in [0, 0.05) is 6.54 Å². The normalized spacial score (nSPS) is 11.3. The molecule has 0 unspecified atom stereocenters. The van der Waals surface area contributed by atoms with Gasteiger partial charge >= 0.3 is 22.1 Å². The Balaban J connectivity index is 0.000000869. The molecular weight excluding hydrogens is 538 g/mol. The molecule has 2 aromatic rings. The van der Waals surface area contributed by atoms with Crippen molar-refractivity contribution in [2.75, 3.05) is 32.0 Å². The number of nitrogens with zero attached hydrogens (tertiary/aromatic N) is 1. The molecule has 0 aromatic heterocycles. The number of hydrogen-bond donors (Lipinski definition) is 2. The zero-order valence-corrected chi connectivity index (χ0v) is 23.8. The summed E-state index contributed by atoms with van der Waals surface area (Å²) in [5.74, 6) is -1.47. The first-order valence-corrected chi connectivity index (χ1v) is 14.4. The van der Waals surface area contributed by atoms with Gasteiger partial charge in [-0.25, -0.2) is 0 Å². The van der Waals surface area contributed by atoms with Crippen molar-refractivity contribution in [1.82, 2.24) is 4.90 Å². The van der Waals surface area contributed by atoms with Crippen molar-refractivity contribution < 1.29 is 41.9 Å². The minimum absolute atomic E-state index is 0.113. The molecule has 40 heavy (non-hydrogen) atoms. The van der Waals surface area contributed by atoms with Crippen LogP contribution in [0.4, 0.5) is 0 Å². The lowest BCUT2D eigenvalue weighted by Crippen LogP contribution is -2.27. The van der Waals surface area contributed by atoms with Gasteiger partial charge in [0.25, 0.3) is 0 Å². The highest BCUT2D eigenvalue weighted by Gasteiger charge is 2.09. The van der Waals surface area contributed by atoms with Crippen LogP contribution < -0.4 is 8.92 Å². The second kappa shape index (κ2) is 18.3. The van der Waals surface area contributed by atoms with E-state index in [1.54, 1.807) is 36.4 Å². The number of carbonyl (C=O) groups excluding carboxylic acids is 1. The number of ketones is 1. The lowest BCUT2D eigenvalue weighted by Gasteiger charge is -2.18. The van der Waals surface area contributed by atoms with Crippen molar-refractivity contribution in [2.24, 2.45) is 0 Å². The van der Waals surface area contributed by atoms with Crippen LogP contribution in [0.1, 0.15) is 44.7 Å². The lowest BCUT2D eigenvalue weighted by atomic mass is 10.1. The average molecular weight is 576 g/mol. The van der Waals surface area contributed by atoms with Gasteiger partial charge in [0.05, 0.1) is 18.6 Å². The van der Waals surface area contributed by atoms with E-state index in [0.717, 1.165) is 30.9 Å². The van der Waals surface area contributed by atoms with Crippen LogP contribution in [0, 0.1) is 0 Å². The second-order valence-corrected chi connectivity index (χ2v) is 10.2. The largest absolute Gasteiger partial charge is 0.492 e. The Kier molecular flexibility index (Phi) is 15.6. The monoisotopic (exact) mass is 575 g/mol. The van der Waals surface area contributed by atoms with Crippen LogP contribution in [0.25, 0.3) is 12.2 Å². The van der Waals surface area contributed by atoms with E-state index in [9.17, 15) is 22.8 Å². The lowest BCUT2D eigenvalue weighted by molar-refractivity contribution is -0.143. The van der Waals surface area contributed by atoms with Crippen molar-refractivity contribution in [2.45, 2.75) is 33.6 Å². The molecule has 0 bridgehead atoms. The molecule has 218 valence electrons. The van der Waals surface area contributed by atoms with Crippen molar-refractivity contribution in [1.29, 1.82) is 0 Å². The van der Waals surface area contributed by atoms with Crippen LogP contribution in [-0.4, -0.2) is 73.2 Å². The van der Waals surface area contributed by atoms with Crippen LogP contribution >= 0.6 is 0 Å². The van der Waals surface area contributed by atoms with Crippen molar-refractivity contribution >= 4 is 40.0 Å². The summed E-state index contributed by atoms with van der Waals surface area (Å²) in [7, 11) is -3.59. The fraction of sp³-hybridized carbons (Fsp3) is 0.345. The average Bonchev–Trinajstić information content (AvgIpc) is 2.92. The predicted octanol–water partition coefficient (Wildman–Crippen LogP) is 4.37. The molecule has 0 saturated heterocycles. The summed E-state index contributed by atoms with van der Waals surface area (Å²) in [6.45, 7) is 9.23. The molecule has 0 heterocycles. The summed E-state index contributed by atoms with van der Waals surface area (Å²) in [5.41, 5.74) is 1.53. The Morgan fingerprint density at radius 1 is 0.825 bits per heavy atom. The van der Waals surface area contributed by atoms with E-state index in [1.807, 2.05) is 24.3 Å². The quantitative estimate of drug-likeness (QED) is 0.218. The molecule has 0 fully saturated rings. The summed E-state index contributed by atoms with van der Waals surface area (Å²) < 4.78 is 34.0. The molecule has 0 saturated carbocycles. The molecule has 0 aliphatic carbocycles. The Labute approximate surface area is 235 Å². The Hall–Kier alpha value is -3.96. The third-order valence-corrected chi connectivity index (χ3v) is 6.45. The summed E-state index contributed by atoms with van der Waals surface area (Å²) in [5, 5.41) is 15.8. The fourth-order valence-electron chi connectivity index (χ4n) is 3.04. The number of hydrogen-bond acceptors (Lipinski definition) is 8. The molecule has 0 aliphatic heterocycles. The molecule has 0 atom stereocenters. The van der Waals surface area contributed by atoms with Gasteiger partial charge in [-0.2, -0.15) is 8.42 Å². The van der Waals surface area contributed by atoms with E-state index in [1.165, 1.54) is 19.1 Å². The Bertz CT molecular complexity index is 1250. The zero-order chi connectivity index (χ0) is 30.0. The molecule has 11 heteroatoms. The maximum Gasteiger partial charge on any atom is 0.308 e. The standard InChI is InChI=1S/C25H31NO5S.C4H6O4/c1-4-26(5-2)17-18-30-24-11-7-9-21(19-24)13-15-23(27)16-14-22-10-8-12-25(20-22)31-32(28,29)6-3;5-3(6)1-2-4(7)8/h7-16,19-20H,4-6,17-18H2,1-3H3;1-2H2,(H,5,6)(H,7,8)/b15-13+,16-14+;. The van der Waals surface area contributed by atoms with E-state index < -0.39 is 22.1 Å². The number of rotatable bonds is 16. The molecule has 2 aromatic carbocycles. The van der Waals surface area contributed by atoms with Crippen LogP contribution in [0.3, 0.4) is 0 Å². The van der Waals surface area contributed by atoms with Gasteiger partial charge in [0.1, 0.15) is 18.1 Å². The first-order valence-electron chi connectivity index (χ1n) is 12.8. The van der Waals surface area contributed by atoms with Gasteiger partial charge in [-0.1, -0.05) is 50.3 Å². The summed E-state index contributed by atoms with van der Waals surface area (Å²) in [6.07, 6.45) is 5.66. The number of carboxylic acid groups (broad SMARTS) is 2. The van der Waals surface area contributed by atoms with Gasteiger partial charge < -0.3 is 24.0 Å². The Morgan fingerprint density at radius 3 is 1.80 bits per heavy atom. The molecular formula is C29H37NO9S. The maximum atomic E-state index is 12.2. The van der Waals surface area contributed by atoms with Gasteiger partial charge in [0.2, 0.25) is 0 Å². The first kappa shape index (κ1) is 34.1. The molecule has 0 radical (unpaired) electrons. The molecule has 10 nitrogen and oxygen atoms in total. The molecule has 2 N–H and O–H groups in total. The number of aliphatic carboxylic acids is 2. The number of ether oxygens (including phenoxy) is 1. The summed E-state index contributed by atoms with van der Waals surface area (Å²) >= 11 is 0. The van der Waals surface area contributed by atoms with E-state index in [0.29, 0.717) is 12.2 Å². The SMILES string of the molecule is CCN(CC)CCOc1cccc(/C=C/C(=O)/C=C/c2cccc(OS(=O)(=O)CC)c2)c1.O=C(O)CCC(=O)O. The number of carboxylic acids is 2. The summed E-state index contributed by atoms with van der Waals surface area (Å²) in [4.78, 5) is 33.8. The molecule has 0 aliphatic rings. The number of likely N-dealkylation sites (N-methyl/N-ethyl adjacent to an activating group) is 1. The highest BCUT2D eigenvalue weighted by molar-refractivity contribution is 7.87. The predicted molar refractivity (Wildman–Crippen MR) is 154 cm³/mol. The Morgan fingerprint density at radius 2 is 1.32 bits per heavy atom. The fourth-order valence-corrected chi connectivity index (χ4v) is 3.56. The third kappa shape index (κ3) is 15.5. The van der Waals surface area contributed by atoms with Crippen molar-refractivity contribution in [3.63, 3.8) is 0 Å². The van der Waals surface area contributed by atoms with Crippen LogP contribution in [0.5, 0.6) is 11.5 Å². The van der Waals surface area contributed by atoms with Crippen LogP contribution in [-0.2, 0) is 24.5 Å². The van der Waals surface area contributed by atoms with Crippen LogP contribution in [0.2, 0.25) is 0 Å². The highest BCUT2D eigenvalue weighted by atomic mass is 32.2. The van der Waals surface area contributed by atoms with Gasteiger partial charge in [-0.05, 0) is 67.6 Å². The smallest absolute Gasteiger partial charge is 0.308 e. The minimum atomic E-state index is -3.59. The van der Waals surface area contributed by atoms with Gasteiger partial charge in [-0.3, -0.25) is 14.4 Å². The zero-order valence-electron chi connectivity index (χ0n) is 23.0. The van der Waals surface area contributed by atoms with Gasteiger partial charge in [-0.15, -0.1) is 0 Å². The third-order valence-electron chi connectivity index (χ3n) is 5.30. The van der Waals surface area contributed by atoms with Crippen LogP contribution in [0.15, 0.2) is 60.7 Å². The van der Waals surface area contributed by atoms with E-state index in [2.05, 4.69) is 18.7 Å². The number of benzene rings is 2. The maximum absolute atomic E-state index is 12.2. The topological polar surface area (TPSA) is 148 Å². The summed E-state index contributed by atoms with van der Waals surface area (Å²) in [6, 6.07) is 14.1. The minimum Gasteiger partial charge on any atom is -0.492 e. The number of allylic oxidation sites excluding steroid dienone is 2. The van der Waals surface area contributed by atoms with Gasteiger partial charge in [0.15, 0.2) is 5.78 Å². The van der Waals surface area contributed by atoms with E-state index in [4.69, 9.17) is 19.1 Å². The van der Waals surface area contributed by atoms with E-state index >= 15 is 0 Å². The van der Waals surface area contributed by atoms with E-state index in [-0.39, 0.29) is 30.1 Å². The highest BCUT2D eigenvalue weighted by Crippen LogP contribution is 2.17. The van der Waals surface area contributed by atoms with Crippen molar-refractivity contribution in [3.05, 3.63) is 71.8 Å². The molecule has 2 rings (SSSR count). The molecule has 0 amide bonds. The second-order valence-electron chi connectivity index (χ2n) is 8.31. The number of carbonyl (C=O) groups is 3. The van der Waals surface area contributed by atoms with Crippen molar-refractivity contribution in [3.8, 4) is 11.5 Å². The molecule has 0 spiro atoms.